The first-order valence-corrected chi connectivity index (χ1v) is 6.32. The van der Waals surface area contributed by atoms with Crippen molar-refractivity contribution in [1.29, 1.82) is 0 Å². The molecule has 2 N–H and O–H groups in total. The third-order valence-electron chi connectivity index (χ3n) is 3.09. The molecular weight excluding hydrogens is 224 g/mol. The van der Waals surface area contributed by atoms with Gasteiger partial charge in [-0.25, -0.2) is 0 Å². The number of rotatable bonds is 1. The van der Waals surface area contributed by atoms with Gasteiger partial charge in [-0.05, 0) is 37.5 Å². The molecule has 0 aliphatic carbocycles. The van der Waals surface area contributed by atoms with Crippen LogP contribution in [0.25, 0.3) is 0 Å². The van der Waals surface area contributed by atoms with Gasteiger partial charge in [-0.2, -0.15) is 0 Å². The molecule has 1 aromatic carbocycles. The van der Waals surface area contributed by atoms with Crippen molar-refractivity contribution >= 4 is 11.6 Å². The van der Waals surface area contributed by atoms with Crippen LogP contribution < -0.4 is 10.6 Å². The lowest BCUT2D eigenvalue weighted by atomic mass is 10.0. The minimum atomic E-state index is 0.195. The van der Waals surface area contributed by atoms with E-state index in [0.29, 0.717) is 13.0 Å². The number of nitrogens with zero attached hydrogens (tertiary/aromatic N) is 1. The fraction of sp³-hybridized carbons (Fsp3) is 0.400. The van der Waals surface area contributed by atoms with Crippen molar-refractivity contribution in [3.63, 3.8) is 0 Å². The Bertz CT molecular complexity index is 511. The molecule has 18 heavy (non-hydrogen) atoms. The van der Waals surface area contributed by atoms with Crippen molar-refractivity contribution in [2.24, 2.45) is 5.73 Å². The summed E-state index contributed by atoms with van der Waals surface area (Å²) in [4.78, 5) is 13.8. The van der Waals surface area contributed by atoms with Gasteiger partial charge >= 0.3 is 0 Å². The summed E-state index contributed by atoms with van der Waals surface area (Å²) in [6.07, 6.45) is 2.69. The van der Waals surface area contributed by atoms with Crippen molar-refractivity contribution in [1.82, 2.24) is 0 Å². The van der Waals surface area contributed by atoms with Gasteiger partial charge in [0.25, 0.3) is 0 Å². The predicted molar refractivity (Wildman–Crippen MR) is 73.3 cm³/mol. The lowest BCUT2D eigenvalue weighted by Crippen LogP contribution is -2.35. The number of carbonyl (C=O) groups excluding carboxylic acids is 1. The third kappa shape index (κ3) is 2.72. The van der Waals surface area contributed by atoms with Gasteiger partial charge in [-0.1, -0.05) is 17.9 Å². The minimum absolute atomic E-state index is 0.195. The van der Waals surface area contributed by atoms with E-state index in [1.54, 1.807) is 0 Å². The Balaban J connectivity index is 2.39. The number of amides is 1. The predicted octanol–water partition coefficient (Wildman–Crippen LogP) is 1.82. The molecule has 0 unspecified atom stereocenters. The minimum Gasteiger partial charge on any atom is -0.320 e. The van der Waals surface area contributed by atoms with E-state index in [1.165, 1.54) is 0 Å². The highest BCUT2D eigenvalue weighted by Crippen LogP contribution is 2.25. The Hall–Kier alpha value is -1.79. The molecule has 3 nitrogen and oxygen atoms in total. The zero-order valence-corrected chi connectivity index (χ0v) is 10.7. The first-order valence-electron chi connectivity index (χ1n) is 6.32. The molecule has 0 saturated carbocycles. The van der Waals surface area contributed by atoms with Gasteiger partial charge in [0.2, 0.25) is 5.91 Å². The number of piperidine rings is 1. The van der Waals surface area contributed by atoms with Gasteiger partial charge in [-0.3, -0.25) is 4.79 Å². The molecule has 2 rings (SSSR count). The smallest absolute Gasteiger partial charge is 0.227 e. The van der Waals surface area contributed by atoms with Gasteiger partial charge in [-0.15, -0.1) is 0 Å². The van der Waals surface area contributed by atoms with Crippen molar-refractivity contribution in [2.75, 3.05) is 18.0 Å². The molecule has 1 saturated heterocycles. The van der Waals surface area contributed by atoms with E-state index in [-0.39, 0.29) is 5.91 Å². The first kappa shape index (κ1) is 12.7. The fourth-order valence-corrected chi connectivity index (χ4v) is 2.19. The second kappa shape index (κ2) is 5.70. The van der Waals surface area contributed by atoms with E-state index in [4.69, 9.17) is 5.73 Å². The summed E-state index contributed by atoms with van der Waals surface area (Å²) in [5.74, 6) is 6.12. The Labute approximate surface area is 108 Å². The van der Waals surface area contributed by atoms with Crippen LogP contribution in [0.2, 0.25) is 0 Å². The molecule has 94 valence electrons. The van der Waals surface area contributed by atoms with Crippen LogP contribution >= 0.6 is 0 Å². The van der Waals surface area contributed by atoms with Crippen LogP contribution in [-0.4, -0.2) is 19.0 Å². The Morgan fingerprint density at radius 2 is 2.22 bits per heavy atom. The van der Waals surface area contributed by atoms with Gasteiger partial charge in [0.05, 0.1) is 12.2 Å². The highest BCUT2D eigenvalue weighted by Gasteiger charge is 2.21. The summed E-state index contributed by atoms with van der Waals surface area (Å²) in [6.45, 7) is 3.15. The number of carbonyl (C=O) groups is 1. The second-order valence-electron chi connectivity index (χ2n) is 4.53. The molecule has 1 heterocycles. The molecule has 0 atom stereocenters. The summed E-state index contributed by atoms with van der Waals surface area (Å²) < 4.78 is 0. The number of anilines is 1. The van der Waals surface area contributed by atoms with Crippen molar-refractivity contribution in [3.8, 4) is 11.8 Å². The maximum atomic E-state index is 12.0. The molecule has 1 aliphatic rings. The number of benzene rings is 1. The molecule has 0 aromatic heterocycles. The molecule has 1 fully saturated rings. The summed E-state index contributed by atoms with van der Waals surface area (Å²) in [5, 5.41) is 0. The zero-order valence-electron chi connectivity index (χ0n) is 10.7. The van der Waals surface area contributed by atoms with Crippen LogP contribution in [0.5, 0.6) is 0 Å². The Kier molecular flexibility index (Phi) is 4.01. The van der Waals surface area contributed by atoms with Gasteiger partial charge in [0.1, 0.15) is 0 Å². The van der Waals surface area contributed by atoms with Crippen LogP contribution in [0.3, 0.4) is 0 Å². The summed E-state index contributed by atoms with van der Waals surface area (Å²) in [6, 6.07) is 6.02. The highest BCUT2D eigenvalue weighted by atomic mass is 16.2. The van der Waals surface area contributed by atoms with Crippen molar-refractivity contribution in [2.45, 2.75) is 26.2 Å². The maximum Gasteiger partial charge on any atom is 0.227 e. The molecule has 1 aliphatic heterocycles. The quantitative estimate of drug-likeness (QED) is 0.764. The average molecular weight is 242 g/mol. The fourth-order valence-electron chi connectivity index (χ4n) is 2.19. The first-order chi connectivity index (χ1) is 8.72. The van der Waals surface area contributed by atoms with Crippen LogP contribution in [-0.2, 0) is 4.79 Å². The number of hydrogen-bond donors (Lipinski definition) is 1. The van der Waals surface area contributed by atoms with E-state index < -0.39 is 0 Å². The van der Waals surface area contributed by atoms with Crippen LogP contribution in [0.1, 0.15) is 30.4 Å². The normalized spacial score (nSPS) is 15.2. The van der Waals surface area contributed by atoms with Crippen LogP contribution in [0.15, 0.2) is 18.2 Å². The summed E-state index contributed by atoms with van der Waals surface area (Å²) >= 11 is 0. The molecule has 0 radical (unpaired) electrons. The number of aryl methyl sites for hydroxylation is 1. The van der Waals surface area contributed by atoms with Crippen LogP contribution in [0, 0.1) is 18.8 Å². The van der Waals surface area contributed by atoms with E-state index >= 15 is 0 Å². The van der Waals surface area contributed by atoms with Crippen molar-refractivity contribution in [3.05, 3.63) is 29.3 Å². The topological polar surface area (TPSA) is 46.3 Å². The molecule has 3 heteroatoms. The Morgan fingerprint density at radius 3 is 2.94 bits per heavy atom. The standard InChI is InChI=1S/C15H18N2O/c1-12-7-8-14(13(11-12)5-4-9-16)17-10-3-2-6-15(17)18/h7-8,11H,2-3,6,9-10,16H2,1H3. The van der Waals surface area contributed by atoms with Crippen LogP contribution in [0.4, 0.5) is 5.69 Å². The van der Waals surface area contributed by atoms with Gasteiger partial charge in [0.15, 0.2) is 0 Å². The molecule has 1 aromatic rings. The largest absolute Gasteiger partial charge is 0.320 e. The lowest BCUT2D eigenvalue weighted by Gasteiger charge is -2.27. The Morgan fingerprint density at radius 1 is 1.39 bits per heavy atom. The van der Waals surface area contributed by atoms with E-state index in [9.17, 15) is 4.79 Å². The van der Waals surface area contributed by atoms with Gasteiger partial charge in [0, 0.05) is 18.5 Å². The number of hydrogen-bond acceptors (Lipinski definition) is 2. The molecule has 1 amide bonds. The summed E-state index contributed by atoms with van der Waals surface area (Å²) in [5.41, 5.74) is 8.38. The maximum absolute atomic E-state index is 12.0. The van der Waals surface area contributed by atoms with Gasteiger partial charge < -0.3 is 10.6 Å². The molecule has 0 bridgehead atoms. The summed E-state index contributed by atoms with van der Waals surface area (Å²) in [7, 11) is 0. The third-order valence-corrected chi connectivity index (χ3v) is 3.09. The van der Waals surface area contributed by atoms with E-state index in [2.05, 4.69) is 11.8 Å². The molecular formula is C15H18N2O. The van der Waals surface area contributed by atoms with E-state index in [0.717, 1.165) is 36.2 Å². The number of nitrogens with two attached hydrogens (primary N) is 1. The van der Waals surface area contributed by atoms with E-state index in [1.807, 2.05) is 30.0 Å². The SMILES string of the molecule is Cc1ccc(N2CCCCC2=O)c(C#CCN)c1. The zero-order chi connectivity index (χ0) is 13.0. The monoisotopic (exact) mass is 242 g/mol. The lowest BCUT2D eigenvalue weighted by molar-refractivity contribution is -0.119. The van der Waals surface area contributed by atoms with Crippen molar-refractivity contribution < 1.29 is 4.79 Å². The second-order valence-corrected chi connectivity index (χ2v) is 4.53. The average Bonchev–Trinajstić information content (AvgIpc) is 2.37. The molecule has 0 spiro atoms. The highest BCUT2D eigenvalue weighted by molar-refractivity contribution is 5.95.